The van der Waals surface area contributed by atoms with Crippen molar-refractivity contribution in [1.29, 1.82) is 0 Å². The molecule has 180 valence electrons. The lowest BCUT2D eigenvalue weighted by atomic mass is 10.0. The minimum atomic E-state index is -0.814. The van der Waals surface area contributed by atoms with E-state index in [1.807, 2.05) is 56.3 Å². The minimum absolute atomic E-state index is 0.00971. The van der Waals surface area contributed by atoms with Gasteiger partial charge < -0.3 is 9.47 Å². The molecule has 0 spiro atoms. The average molecular weight is 536 g/mol. The third-order valence-corrected chi connectivity index (χ3v) is 6.45. The Morgan fingerprint density at radius 3 is 2.66 bits per heavy atom. The summed E-state index contributed by atoms with van der Waals surface area (Å²) in [5, 5.41) is 6.93. The molecule has 0 fully saturated rings. The normalized spacial score (nSPS) is 13.3. The molecule has 0 saturated carbocycles. The molecule has 0 amide bonds. The number of ether oxygens (including phenoxy) is 2. The number of rotatable bonds is 7. The van der Waals surface area contributed by atoms with Gasteiger partial charge in [0.1, 0.15) is 11.6 Å². The van der Waals surface area contributed by atoms with Crippen LogP contribution >= 0.6 is 15.9 Å². The maximum absolute atomic E-state index is 13.5. The second-order valence-corrected chi connectivity index (χ2v) is 9.20. The van der Waals surface area contributed by atoms with Crippen molar-refractivity contribution in [1.82, 2.24) is 9.66 Å². The largest absolute Gasteiger partial charge is 0.478 e. The van der Waals surface area contributed by atoms with Crippen LogP contribution < -0.4 is 10.3 Å². The Hall–Kier alpha value is -3.52. The molecule has 35 heavy (non-hydrogen) atoms. The fourth-order valence-corrected chi connectivity index (χ4v) is 4.17. The van der Waals surface area contributed by atoms with Gasteiger partial charge in [-0.15, -0.1) is 0 Å². The van der Waals surface area contributed by atoms with E-state index in [2.05, 4.69) is 21.0 Å². The molecule has 0 unspecified atom stereocenters. The Labute approximate surface area is 211 Å². The van der Waals surface area contributed by atoms with Crippen LogP contribution in [0.5, 0.6) is 5.75 Å². The highest BCUT2D eigenvalue weighted by molar-refractivity contribution is 9.10. The van der Waals surface area contributed by atoms with Gasteiger partial charge in [0.15, 0.2) is 6.10 Å². The van der Waals surface area contributed by atoms with Crippen LogP contribution in [0.25, 0.3) is 21.7 Å². The lowest BCUT2D eigenvalue weighted by Crippen LogP contribution is -2.25. The Kier molecular flexibility index (Phi) is 7.31. The van der Waals surface area contributed by atoms with Crippen molar-refractivity contribution in [3.05, 3.63) is 80.8 Å². The number of esters is 1. The number of fused-ring (bicyclic) bond motifs is 2. The number of carbonyl (C=O) groups excluding carboxylic acids is 1. The lowest BCUT2D eigenvalue weighted by Gasteiger charge is -2.16. The van der Waals surface area contributed by atoms with Crippen LogP contribution in [0.2, 0.25) is 0 Å². The summed E-state index contributed by atoms with van der Waals surface area (Å²) in [5.74, 6) is 0.560. The molecule has 0 bridgehead atoms. The zero-order chi connectivity index (χ0) is 25.1. The summed E-state index contributed by atoms with van der Waals surface area (Å²) in [7, 11) is 1.32. The van der Waals surface area contributed by atoms with Gasteiger partial charge in [-0.3, -0.25) is 4.79 Å². The zero-order valence-electron chi connectivity index (χ0n) is 20.0. The van der Waals surface area contributed by atoms with E-state index in [-0.39, 0.29) is 11.5 Å². The van der Waals surface area contributed by atoms with Gasteiger partial charge in [-0.25, -0.2) is 9.78 Å². The van der Waals surface area contributed by atoms with Crippen LogP contribution in [0.4, 0.5) is 0 Å². The van der Waals surface area contributed by atoms with Crippen molar-refractivity contribution in [2.75, 3.05) is 7.11 Å². The van der Waals surface area contributed by atoms with E-state index in [9.17, 15) is 9.59 Å². The number of hydrogen-bond acceptors (Lipinski definition) is 6. The third-order valence-electron chi connectivity index (χ3n) is 5.96. The van der Waals surface area contributed by atoms with Crippen molar-refractivity contribution in [2.24, 2.45) is 5.10 Å². The van der Waals surface area contributed by atoms with Crippen molar-refractivity contribution < 1.29 is 14.3 Å². The van der Waals surface area contributed by atoms with Gasteiger partial charge >= 0.3 is 5.97 Å². The second-order valence-electron chi connectivity index (χ2n) is 8.28. The highest BCUT2D eigenvalue weighted by atomic mass is 79.9. The Morgan fingerprint density at radius 1 is 1.14 bits per heavy atom. The summed E-state index contributed by atoms with van der Waals surface area (Å²) in [4.78, 5) is 30.2. The number of benzene rings is 3. The first-order valence-electron chi connectivity index (χ1n) is 11.4. The predicted molar refractivity (Wildman–Crippen MR) is 141 cm³/mol. The molecule has 1 aromatic heterocycles. The third kappa shape index (κ3) is 4.98. The molecule has 1 heterocycles. The second kappa shape index (κ2) is 10.4. The molecule has 7 nitrogen and oxygen atoms in total. The number of carbonyl (C=O) groups is 1. The monoisotopic (exact) mass is 535 g/mol. The SMILES string of the molecule is CC[C@@H](C)c1nc2ccc(Br)cc2c(=O)n1N=Cc1c(O[C@H](C)C(=O)OC)ccc2ccccc12. The Morgan fingerprint density at radius 2 is 1.91 bits per heavy atom. The van der Waals surface area contributed by atoms with Crippen LogP contribution in [0.1, 0.15) is 44.5 Å². The van der Waals surface area contributed by atoms with Gasteiger partial charge in [0.05, 0.1) is 24.2 Å². The van der Waals surface area contributed by atoms with Crippen molar-refractivity contribution in [3.8, 4) is 5.75 Å². The zero-order valence-corrected chi connectivity index (χ0v) is 21.6. The molecule has 2 atom stereocenters. The quantitative estimate of drug-likeness (QED) is 0.225. The molecule has 0 N–H and O–H groups in total. The van der Waals surface area contributed by atoms with E-state index >= 15 is 0 Å². The van der Waals surface area contributed by atoms with Crippen molar-refractivity contribution in [3.63, 3.8) is 0 Å². The van der Waals surface area contributed by atoms with Gasteiger partial charge in [0, 0.05) is 16.0 Å². The first-order chi connectivity index (χ1) is 16.8. The summed E-state index contributed by atoms with van der Waals surface area (Å²) in [5.41, 5.74) is 1.02. The van der Waals surface area contributed by atoms with Gasteiger partial charge in [0.25, 0.3) is 5.56 Å². The number of halogens is 1. The number of aromatic nitrogens is 2. The smallest absolute Gasteiger partial charge is 0.346 e. The van der Waals surface area contributed by atoms with Crippen molar-refractivity contribution >= 4 is 49.8 Å². The highest BCUT2D eigenvalue weighted by Crippen LogP contribution is 2.28. The molecule has 4 aromatic rings. The van der Waals surface area contributed by atoms with Gasteiger partial charge in [-0.2, -0.15) is 9.78 Å². The van der Waals surface area contributed by atoms with E-state index < -0.39 is 12.1 Å². The van der Waals surface area contributed by atoms with Gasteiger partial charge in [-0.05, 0) is 48.4 Å². The molecule has 0 aliphatic heterocycles. The summed E-state index contributed by atoms with van der Waals surface area (Å²) in [6.45, 7) is 5.68. The fourth-order valence-electron chi connectivity index (χ4n) is 3.81. The molecule has 0 saturated heterocycles. The van der Waals surface area contributed by atoms with Gasteiger partial charge in [-0.1, -0.05) is 60.1 Å². The predicted octanol–water partition coefficient (Wildman–Crippen LogP) is 5.65. The van der Waals surface area contributed by atoms with E-state index in [1.165, 1.54) is 11.8 Å². The molecule has 0 radical (unpaired) electrons. The maximum Gasteiger partial charge on any atom is 0.346 e. The molecule has 4 rings (SSSR count). The summed E-state index contributed by atoms with van der Waals surface area (Å²) in [6, 6.07) is 16.9. The highest BCUT2D eigenvalue weighted by Gasteiger charge is 2.19. The van der Waals surface area contributed by atoms with Crippen LogP contribution in [0.15, 0.2) is 69.0 Å². The van der Waals surface area contributed by atoms with Gasteiger partial charge in [0.2, 0.25) is 0 Å². The van der Waals surface area contributed by atoms with E-state index in [1.54, 1.807) is 25.3 Å². The Balaban J connectivity index is 1.91. The van der Waals surface area contributed by atoms with Crippen LogP contribution in [-0.2, 0) is 9.53 Å². The van der Waals surface area contributed by atoms with Crippen molar-refractivity contribution in [2.45, 2.75) is 39.2 Å². The molecule has 8 heteroatoms. The molecule has 0 aliphatic rings. The maximum atomic E-state index is 13.5. The molecular formula is C27H26BrN3O4. The van der Waals surface area contributed by atoms with E-state index in [4.69, 9.17) is 14.5 Å². The summed E-state index contributed by atoms with van der Waals surface area (Å²) < 4.78 is 12.9. The average Bonchev–Trinajstić information content (AvgIpc) is 2.87. The summed E-state index contributed by atoms with van der Waals surface area (Å²) >= 11 is 3.44. The van der Waals surface area contributed by atoms with E-state index in [0.29, 0.717) is 28.0 Å². The lowest BCUT2D eigenvalue weighted by molar-refractivity contribution is -0.147. The minimum Gasteiger partial charge on any atom is -0.478 e. The van der Waals surface area contributed by atoms with Crippen LogP contribution in [0.3, 0.4) is 0 Å². The number of methoxy groups -OCH3 is 1. The summed E-state index contributed by atoms with van der Waals surface area (Å²) in [6.07, 6.45) is 1.58. The van der Waals surface area contributed by atoms with Crippen LogP contribution in [-0.4, -0.2) is 35.1 Å². The van der Waals surface area contributed by atoms with E-state index in [0.717, 1.165) is 21.7 Å². The first kappa shape index (κ1) is 24.6. The molecular weight excluding hydrogens is 510 g/mol. The standard InChI is InChI=1S/C27H26BrN3O4/c1-5-16(2)25-30-23-12-11-19(28)14-21(23)26(32)31(25)29-15-22-20-9-7-6-8-18(20)10-13-24(22)35-17(3)27(33)34-4/h6-17H,5H2,1-4H3/t16-,17-/m1/s1. The first-order valence-corrected chi connectivity index (χ1v) is 12.2. The number of nitrogens with zero attached hydrogens (tertiary/aromatic N) is 3. The fraction of sp³-hybridized carbons (Fsp3) is 0.259. The van der Waals surface area contributed by atoms with Crippen LogP contribution in [0, 0.1) is 0 Å². The molecule has 0 aliphatic carbocycles. The topological polar surface area (TPSA) is 82.8 Å². The number of hydrogen-bond donors (Lipinski definition) is 0. The Bertz CT molecular complexity index is 1500. The molecule has 3 aromatic carbocycles.